The van der Waals surface area contributed by atoms with Gasteiger partial charge in [-0.05, 0) is 86.7 Å². The third kappa shape index (κ3) is 5.06. The molecule has 1 saturated heterocycles. The number of hydrogen-bond donors (Lipinski definition) is 1. The van der Waals surface area contributed by atoms with Gasteiger partial charge in [0.2, 0.25) is 0 Å². The highest BCUT2D eigenvalue weighted by molar-refractivity contribution is 7.80. The number of furan rings is 1. The fraction of sp³-hybridized carbons (Fsp3) is 0.207. The highest BCUT2D eigenvalue weighted by Gasteiger charge is 2.42. The van der Waals surface area contributed by atoms with Crippen molar-refractivity contribution in [3.8, 4) is 17.1 Å². The van der Waals surface area contributed by atoms with E-state index in [1.807, 2.05) is 79.4 Å². The third-order valence-corrected chi connectivity index (χ3v) is 6.39. The molecule has 2 atom stereocenters. The molecule has 4 aromatic rings. The number of anilines is 1. The Hall–Kier alpha value is -4.17. The van der Waals surface area contributed by atoms with Crippen LogP contribution in [0.1, 0.15) is 47.7 Å². The Kier molecular flexibility index (Phi) is 6.92. The number of carbonyl (C=O) groups excluding carboxylic acids is 1. The second-order valence-electron chi connectivity index (χ2n) is 8.93. The third-order valence-electron chi connectivity index (χ3n) is 6.07. The van der Waals surface area contributed by atoms with Crippen LogP contribution in [0.25, 0.3) is 11.3 Å². The molecule has 0 spiro atoms. The number of hydrogen-bond acceptors (Lipinski definition) is 6. The minimum Gasteiger partial charge on any atom is -0.491 e. The molecule has 2 aromatic heterocycles. The van der Waals surface area contributed by atoms with Crippen LogP contribution in [-0.2, 0) is 4.74 Å². The second-order valence-corrected chi connectivity index (χ2v) is 9.32. The number of esters is 1. The van der Waals surface area contributed by atoms with Crippen LogP contribution in [0.5, 0.6) is 5.75 Å². The van der Waals surface area contributed by atoms with Gasteiger partial charge in [0.05, 0.1) is 30.5 Å². The molecule has 1 N–H and O–H groups in total. The summed E-state index contributed by atoms with van der Waals surface area (Å²) < 4.78 is 17.1. The molecule has 0 radical (unpaired) electrons. The Morgan fingerprint density at radius 3 is 2.57 bits per heavy atom. The Morgan fingerprint density at radius 1 is 1.05 bits per heavy atom. The van der Waals surface area contributed by atoms with Crippen LogP contribution in [0.2, 0.25) is 0 Å². The lowest BCUT2D eigenvalue weighted by molar-refractivity contribution is 0.0600. The summed E-state index contributed by atoms with van der Waals surface area (Å²) >= 11 is 5.80. The molecule has 2 aromatic carbocycles. The molecule has 37 heavy (non-hydrogen) atoms. The zero-order valence-corrected chi connectivity index (χ0v) is 21.6. The van der Waals surface area contributed by atoms with Crippen molar-refractivity contribution in [3.63, 3.8) is 0 Å². The van der Waals surface area contributed by atoms with Gasteiger partial charge < -0.3 is 24.1 Å². The summed E-state index contributed by atoms with van der Waals surface area (Å²) in [6, 6.07) is 24.2. The van der Waals surface area contributed by atoms with Crippen molar-refractivity contribution < 1.29 is 18.7 Å². The van der Waals surface area contributed by atoms with Gasteiger partial charge in [0.15, 0.2) is 5.11 Å². The van der Waals surface area contributed by atoms with Crippen LogP contribution in [-0.4, -0.2) is 29.3 Å². The van der Waals surface area contributed by atoms with E-state index >= 15 is 0 Å². The number of nitrogens with zero attached hydrogens (tertiary/aromatic N) is 2. The van der Waals surface area contributed by atoms with E-state index in [0.29, 0.717) is 22.2 Å². The Bertz CT molecular complexity index is 1400. The lowest BCUT2D eigenvalue weighted by atomic mass is 10.0. The van der Waals surface area contributed by atoms with Crippen molar-refractivity contribution in [2.45, 2.75) is 32.0 Å². The van der Waals surface area contributed by atoms with Crippen molar-refractivity contribution >= 4 is 29.0 Å². The molecule has 1 aliphatic rings. The first-order chi connectivity index (χ1) is 17.9. The number of methoxy groups -OCH3 is 1. The Balaban J connectivity index is 1.54. The SMILES string of the molecule is COC(=O)c1cccc(-c2ccc([C@@H]3[C@@H](c4ccccn4)NC(=S)N3c3ccc(OC(C)C)cc3)o2)c1. The first kappa shape index (κ1) is 24.5. The Labute approximate surface area is 221 Å². The number of thiocarbonyl (C=S) groups is 1. The number of benzene rings is 2. The molecule has 0 amide bonds. The lowest BCUT2D eigenvalue weighted by Gasteiger charge is -2.26. The molecule has 8 heteroatoms. The second kappa shape index (κ2) is 10.4. The molecule has 0 unspecified atom stereocenters. The van der Waals surface area contributed by atoms with E-state index in [-0.39, 0.29) is 18.2 Å². The maximum absolute atomic E-state index is 12.0. The fourth-order valence-corrected chi connectivity index (χ4v) is 4.81. The fourth-order valence-electron chi connectivity index (χ4n) is 4.46. The standard InChI is InChI=1S/C29H27N3O4S/c1-18(2)35-22-12-10-21(11-13-22)32-27(26(31-29(32)37)23-9-4-5-16-30-23)25-15-14-24(36-25)19-7-6-8-20(17-19)28(33)34-3/h4-18,26-27H,1-3H3,(H,31,37)/t26-,27-/m1/s1. The van der Waals surface area contributed by atoms with Gasteiger partial charge in [0, 0.05) is 17.4 Å². The summed E-state index contributed by atoms with van der Waals surface area (Å²) in [4.78, 5) is 18.7. The highest BCUT2D eigenvalue weighted by Crippen LogP contribution is 2.43. The average molecular weight is 514 g/mol. The predicted molar refractivity (Wildman–Crippen MR) is 146 cm³/mol. The molecule has 7 nitrogen and oxygen atoms in total. The van der Waals surface area contributed by atoms with E-state index in [9.17, 15) is 4.79 Å². The van der Waals surface area contributed by atoms with Gasteiger partial charge in [0.25, 0.3) is 0 Å². The van der Waals surface area contributed by atoms with Gasteiger partial charge in [-0.25, -0.2) is 4.79 Å². The van der Waals surface area contributed by atoms with Crippen LogP contribution in [0.4, 0.5) is 5.69 Å². The monoisotopic (exact) mass is 513 g/mol. The normalized spacial score (nSPS) is 17.1. The smallest absolute Gasteiger partial charge is 0.337 e. The Morgan fingerprint density at radius 2 is 1.86 bits per heavy atom. The summed E-state index contributed by atoms with van der Waals surface area (Å²) in [6.07, 6.45) is 1.85. The molecule has 3 heterocycles. The van der Waals surface area contributed by atoms with Gasteiger partial charge in [-0.2, -0.15) is 0 Å². The molecule has 0 aliphatic carbocycles. The number of carbonyl (C=O) groups is 1. The van der Waals surface area contributed by atoms with Crippen LogP contribution >= 0.6 is 12.2 Å². The van der Waals surface area contributed by atoms with Gasteiger partial charge >= 0.3 is 5.97 Å². The van der Waals surface area contributed by atoms with Crippen LogP contribution in [0, 0.1) is 0 Å². The number of nitrogens with one attached hydrogen (secondary N) is 1. The molecule has 0 bridgehead atoms. The number of pyridine rings is 1. The van der Waals surface area contributed by atoms with E-state index < -0.39 is 5.97 Å². The molecular formula is C29H27N3O4S. The van der Waals surface area contributed by atoms with E-state index in [4.69, 9.17) is 26.1 Å². The quantitative estimate of drug-likeness (QED) is 0.235. The summed E-state index contributed by atoms with van der Waals surface area (Å²) in [6.45, 7) is 3.99. The number of rotatable bonds is 7. The number of ether oxygens (including phenoxy) is 2. The summed E-state index contributed by atoms with van der Waals surface area (Å²) in [5.41, 5.74) is 2.99. The van der Waals surface area contributed by atoms with Gasteiger partial charge in [-0.3, -0.25) is 4.98 Å². The van der Waals surface area contributed by atoms with E-state index in [1.165, 1.54) is 7.11 Å². The van der Waals surface area contributed by atoms with Gasteiger partial charge in [-0.15, -0.1) is 0 Å². The summed E-state index contributed by atoms with van der Waals surface area (Å²) in [5.74, 6) is 1.74. The molecule has 188 valence electrons. The maximum atomic E-state index is 12.0. The van der Waals surface area contributed by atoms with Crippen LogP contribution < -0.4 is 15.0 Å². The summed E-state index contributed by atoms with van der Waals surface area (Å²) in [7, 11) is 1.36. The van der Waals surface area contributed by atoms with E-state index in [1.54, 1.807) is 24.4 Å². The first-order valence-electron chi connectivity index (χ1n) is 12.0. The van der Waals surface area contributed by atoms with Crippen molar-refractivity contribution in [2.24, 2.45) is 0 Å². The van der Waals surface area contributed by atoms with Gasteiger partial charge in [-0.1, -0.05) is 18.2 Å². The van der Waals surface area contributed by atoms with Crippen molar-refractivity contribution in [3.05, 3.63) is 102 Å². The molecule has 1 fully saturated rings. The highest BCUT2D eigenvalue weighted by atomic mass is 32.1. The van der Waals surface area contributed by atoms with Crippen molar-refractivity contribution in [1.82, 2.24) is 10.3 Å². The van der Waals surface area contributed by atoms with Crippen LogP contribution in [0.15, 0.2) is 89.5 Å². The van der Waals surface area contributed by atoms with E-state index in [2.05, 4.69) is 10.3 Å². The van der Waals surface area contributed by atoms with Gasteiger partial charge in [0.1, 0.15) is 23.3 Å². The zero-order valence-electron chi connectivity index (χ0n) is 20.8. The maximum Gasteiger partial charge on any atom is 0.337 e. The molecular weight excluding hydrogens is 486 g/mol. The lowest BCUT2D eigenvalue weighted by Crippen LogP contribution is -2.29. The number of aromatic nitrogens is 1. The zero-order chi connectivity index (χ0) is 25.9. The minimum atomic E-state index is -0.398. The average Bonchev–Trinajstić information content (AvgIpc) is 3.54. The van der Waals surface area contributed by atoms with Crippen LogP contribution in [0.3, 0.4) is 0 Å². The minimum absolute atomic E-state index is 0.0842. The van der Waals surface area contributed by atoms with Crippen molar-refractivity contribution in [1.29, 1.82) is 0 Å². The first-order valence-corrected chi connectivity index (χ1v) is 12.4. The largest absolute Gasteiger partial charge is 0.491 e. The van der Waals surface area contributed by atoms with Crippen molar-refractivity contribution in [2.75, 3.05) is 12.0 Å². The molecule has 1 aliphatic heterocycles. The summed E-state index contributed by atoms with van der Waals surface area (Å²) in [5, 5.41) is 4.01. The van der Waals surface area contributed by atoms with E-state index in [0.717, 1.165) is 22.7 Å². The predicted octanol–water partition coefficient (Wildman–Crippen LogP) is 6.09. The topological polar surface area (TPSA) is 76.8 Å². The molecule has 5 rings (SSSR count). The molecule has 0 saturated carbocycles.